The largest absolute Gasteiger partial charge is 0.351 e. The summed E-state index contributed by atoms with van der Waals surface area (Å²) in [6.07, 6.45) is 4.91. The van der Waals surface area contributed by atoms with Gasteiger partial charge in [0.15, 0.2) is 20.8 Å². The van der Waals surface area contributed by atoms with E-state index in [0.717, 1.165) is 37.2 Å². The second-order valence-electron chi connectivity index (χ2n) is 7.89. The number of halogens is 1. The molecule has 170 valence electrons. The van der Waals surface area contributed by atoms with E-state index in [4.69, 9.17) is 11.6 Å². The smallest absolute Gasteiger partial charge is 0.233 e. The van der Waals surface area contributed by atoms with Gasteiger partial charge in [0.25, 0.3) is 0 Å². The van der Waals surface area contributed by atoms with Gasteiger partial charge in [-0.15, -0.1) is 10.2 Å². The lowest BCUT2D eigenvalue weighted by Crippen LogP contribution is -2.40. The van der Waals surface area contributed by atoms with E-state index in [1.807, 2.05) is 31.2 Å². The first-order valence-electron chi connectivity index (χ1n) is 10.7. The number of rotatable bonds is 10. The first kappa shape index (κ1) is 24.1. The molecule has 0 radical (unpaired) electrons. The number of amides is 1. The maximum Gasteiger partial charge on any atom is 0.233 e. The minimum absolute atomic E-state index is 0.0183. The SMILES string of the molecule is CCCCCCn1c(SC(C)C(=O)NC2CCS(=O)(=O)C2)nnc1-c1ccc(Cl)cc1. The fourth-order valence-electron chi connectivity index (χ4n) is 3.53. The Morgan fingerprint density at radius 1 is 1.26 bits per heavy atom. The normalized spacial score (nSPS) is 18.7. The molecule has 1 amide bonds. The van der Waals surface area contributed by atoms with E-state index < -0.39 is 15.1 Å². The standard InChI is InChI=1S/C21H29ClN4O3S2/c1-3-4-5-6-12-26-19(16-7-9-17(22)10-8-16)24-25-21(26)30-15(2)20(27)23-18-11-13-31(28,29)14-18/h7-10,15,18H,3-6,11-14H2,1-2H3,(H,23,27). The Morgan fingerprint density at radius 2 is 2.00 bits per heavy atom. The minimum atomic E-state index is -3.04. The molecule has 0 saturated carbocycles. The topological polar surface area (TPSA) is 94.0 Å². The minimum Gasteiger partial charge on any atom is -0.351 e. The van der Waals surface area contributed by atoms with E-state index in [-0.39, 0.29) is 23.5 Å². The Hall–Kier alpha value is -1.58. The third-order valence-electron chi connectivity index (χ3n) is 5.28. The van der Waals surface area contributed by atoms with E-state index in [1.165, 1.54) is 18.2 Å². The highest BCUT2D eigenvalue weighted by atomic mass is 35.5. The van der Waals surface area contributed by atoms with Crippen LogP contribution in [0.15, 0.2) is 29.4 Å². The number of carbonyl (C=O) groups excluding carboxylic acids is 1. The van der Waals surface area contributed by atoms with E-state index in [0.29, 0.717) is 16.6 Å². The average Bonchev–Trinajstić information content (AvgIpc) is 3.28. The van der Waals surface area contributed by atoms with Crippen molar-refractivity contribution in [1.29, 1.82) is 0 Å². The van der Waals surface area contributed by atoms with Crippen molar-refractivity contribution in [3.8, 4) is 11.4 Å². The van der Waals surface area contributed by atoms with Crippen LogP contribution < -0.4 is 5.32 Å². The first-order valence-corrected chi connectivity index (χ1v) is 13.7. The van der Waals surface area contributed by atoms with Crippen LogP contribution in [0.4, 0.5) is 0 Å². The summed E-state index contributed by atoms with van der Waals surface area (Å²) in [5, 5.41) is 12.5. The number of unbranched alkanes of at least 4 members (excludes halogenated alkanes) is 3. The Labute approximate surface area is 193 Å². The van der Waals surface area contributed by atoms with Crippen LogP contribution in [0.3, 0.4) is 0 Å². The zero-order valence-corrected chi connectivity index (χ0v) is 20.3. The van der Waals surface area contributed by atoms with E-state index in [9.17, 15) is 13.2 Å². The number of thioether (sulfide) groups is 1. The zero-order chi connectivity index (χ0) is 22.4. The molecule has 0 aliphatic carbocycles. The lowest BCUT2D eigenvalue weighted by molar-refractivity contribution is -0.120. The van der Waals surface area contributed by atoms with Gasteiger partial charge >= 0.3 is 0 Å². The van der Waals surface area contributed by atoms with Gasteiger partial charge in [0.2, 0.25) is 5.91 Å². The van der Waals surface area contributed by atoms with Crippen molar-refractivity contribution in [3.63, 3.8) is 0 Å². The molecule has 0 bridgehead atoms. The predicted molar refractivity (Wildman–Crippen MR) is 125 cm³/mol. The van der Waals surface area contributed by atoms with Gasteiger partial charge in [-0.05, 0) is 44.0 Å². The van der Waals surface area contributed by atoms with Crippen LogP contribution in [-0.4, -0.2) is 51.9 Å². The number of benzene rings is 1. The van der Waals surface area contributed by atoms with Crippen molar-refractivity contribution in [2.24, 2.45) is 0 Å². The molecule has 1 aliphatic heterocycles. The fourth-order valence-corrected chi connectivity index (χ4v) is 6.21. The van der Waals surface area contributed by atoms with Crippen LogP contribution in [0.5, 0.6) is 0 Å². The van der Waals surface area contributed by atoms with Crippen molar-refractivity contribution < 1.29 is 13.2 Å². The number of sulfone groups is 1. The molecule has 1 aromatic carbocycles. The molecule has 2 aromatic rings. The highest BCUT2D eigenvalue weighted by Crippen LogP contribution is 2.28. The lowest BCUT2D eigenvalue weighted by atomic mass is 10.2. The predicted octanol–water partition coefficient (Wildman–Crippen LogP) is 3.96. The van der Waals surface area contributed by atoms with Crippen molar-refractivity contribution in [2.45, 2.75) is 68.9 Å². The molecule has 1 aromatic heterocycles. The van der Waals surface area contributed by atoms with Crippen LogP contribution >= 0.6 is 23.4 Å². The van der Waals surface area contributed by atoms with Gasteiger partial charge in [0.05, 0.1) is 16.8 Å². The summed E-state index contributed by atoms with van der Waals surface area (Å²) >= 11 is 7.37. The van der Waals surface area contributed by atoms with E-state index >= 15 is 0 Å². The molecular weight excluding hydrogens is 456 g/mol. The molecular formula is C21H29ClN4O3S2. The molecule has 7 nitrogen and oxygen atoms in total. The monoisotopic (exact) mass is 484 g/mol. The third-order valence-corrected chi connectivity index (χ3v) is 8.39. The molecule has 2 atom stereocenters. The Morgan fingerprint density at radius 3 is 2.65 bits per heavy atom. The molecule has 1 aliphatic rings. The van der Waals surface area contributed by atoms with Crippen molar-refractivity contribution in [2.75, 3.05) is 11.5 Å². The van der Waals surface area contributed by atoms with Crippen LogP contribution in [-0.2, 0) is 21.2 Å². The molecule has 2 heterocycles. The van der Waals surface area contributed by atoms with Gasteiger partial charge < -0.3 is 9.88 Å². The van der Waals surface area contributed by atoms with Gasteiger partial charge in [-0.25, -0.2) is 8.42 Å². The number of hydrogen-bond donors (Lipinski definition) is 1. The summed E-state index contributed by atoms with van der Waals surface area (Å²) in [6.45, 7) is 4.75. The number of nitrogens with one attached hydrogen (secondary N) is 1. The molecule has 10 heteroatoms. The number of hydrogen-bond acceptors (Lipinski definition) is 6. The number of carbonyl (C=O) groups is 1. The van der Waals surface area contributed by atoms with Crippen LogP contribution in [0.2, 0.25) is 5.02 Å². The average molecular weight is 485 g/mol. The Kier molecular flexibility index (Phi) is 8.41. The summed E-state index contributed by atoms with van der Waals surface area (Å²) in [6, 6.07) is 7.17. The quantitative estimate of drug-likeness (QED) is 0.405. The first-order chi connectivity index (χ1) is 14.8. The van der Waals surface area contributed by atoms with Gasteiger partial charge in [-0.1, -0.05) is 49.5 Å². The molecule has 1 N–H and O–H groups in total. The summed E-state index contributed by atoms with van der Waals surface area (Å²) in [4.78, 5) is 12.6. The van der Waals surface area contributed by atoms with Crippen LogP contribution in [0.1, 0.15) is 46.0 Å². The highest BCUT2D eigenvalue weighted by molar-refractivity contribution is 8.00. The van der Waals surface area contributed by atoms with E-state index in [1.54, 1.807) is 0 Å². The maximum atomic E-state index is 12.6. The highest BCUT2D eigenvalue weighted by Gasteiger charge is 2.30. The Bertz CT molecular complexity index is 993. The van der Waals surface area contributed by atoms with Gasteiger partial charge in [-0.3, -0.25) is 4.79 Å². The van der Waals surface area contributed by atoms with E-state index in [2.05, 4.69) is 27.0 Å². The van der Waals surface area contributed by atoms with Crippen LogP contribution in [0, 0.1) is 0 Å². The molecule has 1 saturated heterocycles. The van der Waals surface area contributed by atoms with Gasteiger partial charge in [0.1, 0.15) is 0 Å². The fraction of sp³-hybridized carbons (Fsp3) is 0.571. The molecule has 3 rings (SSSR count). The zero-order valence-electron chi connectivity index (χ0n) is 17.9. The summed E-state index contributed by atoms with van der Waals surface area (Å²) in [5.74, 6) is 0.728. The number of nitrogens with zero attached hydrogens (tertiary/aromatic N) is 3. The van der Waals surface area contributed by atoms with Crippen molar-refractivity contribution in [1.82, 2.24) is 20.1 Å². The van der Waals surface area contributed by atoms with Gasteiger partial charge in [-0.2, -0.15) is 0 Å². The molecule has 2 unspecified atom stereocenters. The summed E-state index contributed by atoms with van der Waals surface area (Å²) in [7, 11) is -3.04. The second kappa shape index (κ2) is 10.8. The summed E-state index contributed by atoms with van der Waals surface area (Å²) in [5.41, 5.74) is 0.924. The summed E-state index contributed by atoms with van der Waals surface area (Å²) < 4.78 is 25.4. The van der Waals surface area contributed by atoms with Crippen LogP contribution in [0.25, 0.3) is 11.4 Å². The molecule has 0 spiro atoms. The van der Waals surface area contributed by atoms with Gasteiger partial charge in [0, 0.05) is 23.2 Å². The maximum absolute atomic E-state index is 12.6. The third kappa shape index (κ3) is 6.70. The lowest BCUT2D eigenvalue weighted by Gasteiger charge is -2.16. The number of aromatic nitrogens is 3. The molecule has 1 fully saturated rings. The second-order valence-corrected chi connectivity index (χ2v) is 11.9. The molecule has 31 heavy (non-hydrogen) atoms. The Balaban J connectivity index is 1.72. The van der Waals surface area contributed by atoms with Crippen molar-refractivity contribution in [3.05, 3.63) is 29.3 Å². The van der Waals surface area contributed by atoms with Crippen molar-refractivity contribution >= 4 is 39.1 Å².